The number of nitrogens with two attached hydrogens (primary N) is 1. The Labute approximate surface area is 55.4 Å². The molecule has 2 fully saturated rings. The van der Waals surface area contributed by atoms with Gasteiger partial charge in [0.2, 0.25) is 0 Å². The summed E-state index contributed by atoms with van der Waals surface area (Å²) in [5.74, 6) is 0.794. The first-order valence-corrected chi connectivity index (χ1v) is 3.61. The van der Waals surface area contributed by atoms with E-state index in [1.54, 1.807) is 0 Å². The first kappa shape index (κ1) is 5.69. The molecule has 9 heavy (non-hydrogen) atoms. The van der Waals surface area contributed by atoms with E-state index in [1.807, 2.05) is 0 Å². The van der Waals surface area contributed by atoms with Crippen LogP contribution in [-0.4, -0.2) is 19.3 Å². The van der Waals surface area contributed by atoms with Crippen LogP contribution in [0.15, 0.2) is 0 Å². The van der Waals surface area contributed by atoms with Gasteiger partial charge in [-0.2, -0.15) is 0 Å². The third kappa shape index (κ3) is 0.528. The second-order valence-electron chi connectivity index (χ2n) is 3.40. The molecule has 2 N–H and O–H groups in total. The fraction of sp³-hybridized carbons (Fsp3) is 1.00. The molecule has 1 aliphatic carbocycles. The molecule has 0 aromatic heterocycles. The number of hydrogen-bond acceptors (Lipinski definition) is 2. The van der Waals surface area contributed by atoms with Crippen molar-refractivity contribution in [1.29, 1.82) is 0 Å². The van der Waals surface area contributed by atoms with Gasteiger partial charge in [0.1, 0.15) is 0 Å². The largest absolute Gasteiger partial charge is 0.377 e. The third-order valence-electron chi connectivity index (χ3n) is 2.92. The van der Waals surface area contributed by atoms with E-state index in [0.717, 1.165) is 19.1 Å². The lowest BCUT2D eigenvalue weighted by atomic mass is 10.1. The summed E-state index contributed by atoms with van der Waals surface area (Å²) in [5.41, 5.74) is 5.94. The van der Waals surface area contributed by atoms with E-state index >= 15 is 0 Å². The van der Waals surface area contributed by atoms with Crippen molar-refractivity contribution in [2.75, 3.05) is 13.2 Å². The molecule has 2 rings (SSSR count). The van der Waals surface area contributed by atoms with Gasteiger partial charge < -0.3 is 10.5 Å². The predicted octanol–water partition coefficient (Wildman–Crippen LogP) is 0.370. The Hall–Kier alpha value is -0.0800. The monoisotopic (exact) mass is 127 g/mol. The molecule has 1 heterocycles. The number of fused-ring (bicyclic) bond motifs is 1. The Kier molecular flexibility index (Phi) is 0.945. The van der Waals surface area contributed by atoms with Crippen LogP contribution in [-0.2, 0) is 4.74 Å². The van der Waals surface area contributed by atoms with Gasteiger partial charge in [-0.05, 0) is 12.3 Å². The van der Waals surface area contributed by atoms with Crippen LogP contribution in [0.1, 0.15) is 13.3 Å². The van der Waals surface area contributed by atoms with Crippen molar-refractivity contribution in [3.05, 3.63) is 0 Å². The van der Waals surface area contributed by atoms with Crippen molar-refractivity contribution in [3.63, 3.8) is 0 Å². The van der Waals surface area contributed by atoms with Crippen LogP contribution in [0, 0.1) is 11.3 Å². The quantitative estimate of drug-likeness (QED) is 0.552. The summed E-state index contributed by atoms with van der Waals surface area (Å²) in [5, 5.41) is 0. The standard InChI is InChI=1S/C7H13NO/c1-7(4-8)5-2-3-9-6(5)7/h5-6H,2-4,8H2,1H3/t5-,6+,7?/m0/s1. The fourth-order valence-corrected chi connectivity index (χ4v) is 1.99. The van der Waals surface area contributed by atoms with Gasteiger partial charge in [-0.3, -0.25) is 0 Å². The molecule has 1 saturated carbocycles. The minimum absolute atomic E-state index is 0.359. The summed E-state index contributed by atoms with van der Waals surface area (Å²) >= 11 is 0. The van der Waals surface area contributed by atoms with Crippen LogP contribution >= 0.6 is 0 Å². The zero-order chi connectivity index (χ0) is 6.48. The van der Waals surface area contributed by atoms with E-state index in [2.05, 4.69) is 6.92 Å². The molecule has 52 valence electrons. The summed E-state index contributed by atoms with van der Waals surface area (Å²) in [6.07, 6.45) is 1.75. The van der Waals surface area contributed by atoms with Gasteiger partial charge in [0.25, 0.3) is 0 Å². The van der Waals surface area contributed by atoms with Crippen LogP contribution in [0.3, 0.4) is 0 Å². The van der Waals surface area contributed by atoms with Gasteiger partial charge in [0.05, 0.1) is 6.10 Å². The van der Waals surface area contributed by atoms with Gasteiger partial charge >= 0.3 is 0 Å². The molecule has 0 amide bonds. The van der Waals surface area contributed by atoms with E-state index in [4.69, 9.17) is 10.5 Å². The molecule has 2 aliphatic rings. The molecular weight excluding hydrogens is 114 g/mol. The van der Waals surface area contributed by atoms with Gasteiger partial charge in [-0.25, -0.2) is 0 Å². The van der Waals surface area contributed by atoms with E-state index < -0.39 is 0 Å². The minimum atomic E-state index is 0.359. The Morgan fingerprint density at radius 3 is 2.89 bits per heavy atom. The number of ether oxygens (including phenoxy) is 1. The van der Waals surface area contributed by atoms with Crippen molar-refractivity contribution in [2.24, 2.45) is 17.1 Å². The molecule has 0 bridgehead atoms. The smallest absolute Gasteiger partial charge is 0.0679 e. The zero-order valence-corrected chi connectivity index (χ0v) is 5.76. The van der Waals surface area contributed by atoms with Crippen LogP contribution < -0.4 is 5.73 Å². The summed E-state index contributed by atoms with van der Waals surface area (Å²) in [6, 6.07) is 0. The van der Waals surface area contributed by atoms with Crippen molar-refractivity contribution < 1.29 is 4.74 Å². The first-order chi connectivity index (χ1) is 4.29. The van der Waals surface area contributed by atoms with Crippen molar-refractivity contribution in [3.8, 4) is 0 Å². The average Bonchev–Trinajstić information content (AvgIpc) is 2.39. The Morgan fingerprint density at radius 2 is 2.56 bits per heavy atom. The summed E-state index contributed by atoms with van der Waals surface area (Å²) in [6.45, 7) is 3.98. The first-order valence-electron chi connectivity index (χ1n) is 3.61. The summed E-state index contributed by atoms with van der Waals surface area (Å²) < 4.78 is 5.45. The average molecular weight is 127 g/mol. The lowest BCUT2D eigenvalue weighted by Crippen LogP contribution is -2.19. The lowest BCUT2D eigenvalue weighted by molar-refractivity contribution is 0.115. The van der Waals surface area contributed by atoms with Crippen LogP contribution in [0.2, 0.25) is 0 Å². The molecular formula is C7H13NO. The van der Waals surface area contributed by atoms with Crippen LogP contribution in [0.5, 0.6) is 0 Å². The summed E-state index contributed by atoms with van der Waals surface area (Å²) in [4.78, 5) is 0. The number of hydrogen-bond donors (Lipinski definition) is 1. The Bertz CT molecular complexity index is 125. The van der Waals surface area contributed by atoms with Crippen LogP contribution in [0.25, 0.3) is 0 Å². The Balaban J connectivity index is 2.07. The molecule has 0 aromatic rings. The maximum atomic E-state index is 5.58. The molecule has 0 spiro atoms. The molecule has 1 aliphatic heterocycles. The highest BCUT2D eigenvalue weighted by Crippen LogP contribution is 2.58. The number of rotatable bonds is 1. The van der Waals surface area contributed by atoms with E-state index in [-0.39, 0.29) is 0 Å². The second-order valence-corrected chi connectivity index (χ2v) is 3.40. The van der Waals surface area contributed by atoms with E-state index in [9.17, 15) is 0 Å². The van der Waals surface area contributed by atoms with Gasteiger partial charge in [0.15, 0.2) is 0 Å². The van der Waals surface area contributed by atoms with E-state index in [0.29, 0.717) is 11.5 Å². The normalized spacial score (nSPS) is 55.3. The van der Waals surface area contributed by atoms with Crippen LogP contribution in [0.4, 0.5) is 0 Å². The third-order valence-corrected chi connectivity index (χ3v) is 2.92. The molecule has 2 nitrogen and oxygen atoms in total. The topological polar surface area (TPSA) is 35.2 Å². The highest BCUT2D eigenvalue weighted by atomic mass is 16.5. The minimum Gasteiger partial charge on any atom is -0.377 e. The molecule has 0 aromatic carbocycles. The highest BCUT2D eigenvalue weighted by molar-refractivity contribution is 5.12. The summed E-state index contributed by atoms with van der Waals surface area (Å²) in [7, 11) is 0. The van der Waals surface area contributed by atoms with Crippen molar-refractivity contribution in [2.45, 2.75) is 19.4 Å². The van der Waals surface area contributed by atoms with E-state index in [1.165, 1.54) is 6.42 Å². The molecule has 1 unspecified atom stereocenters. The predicted molar refractivity (Wildman–Crippen MR) is 35.0 cm³/mol. The molecule has 3 atom stereocenters. The molecule has 0 radical (unpaired) electrons. The van der Waals surface area contributed by atoms with Gasteiger partial charge in [0, 0.05) is 18.6 Å². The maximum absolute atomic E-state index is 5.58. The maximum Gasteiger partial charge on any atom is 0.0679 e. The molecule has 2 heteroatoms. The highest BCUT2D eigenvalue weighted by Gasteiger charge is 2.63. The van der Waals surface area contributed by atoms with Gasteiger partial charge in [-0.1, -0.05) is 6.92 Å². The van der Waals surface area contributed by atoms with Gasteiger partial charge in [-0.15, -0.1) is 0 Å². The zero-order valence-electron chi connectivity index (χ0n) is 5.76. The second kappa shape index (κ2) is 1.50. The fourth-order valence-electron chi connectivity index (χ4n) is 1.99. The lowest BCUT2D eigenvalue weighted by Gasteiger charge is -2.10. The SMILES string of the molecule is CC1(CN)[C@@H]2OCC[C@@H]21. The van der Waals surface area contributed by atoms with Crippen molar-refractivity contribution in [1.82, 2.24) is 0 Å². The Morgan fingerprint density at radius 1 is 1.78 bits per heavy atom. The molecule has 1 saturated heterocycles. The van der Waals surface area contributed by atoms with Crippen molar-refractivity contribution >= 4 is 0 Å².